The van der Waals surface area contributed by atoms with Crippen molar-refractivity contribution in [3.05, 3.63) is 0 Å². The fraction of sp³-hybridized carbons (Fsp3) is 0.938. The van der Waals surface area contributed by atoms with Crippen LogP contribution in [0.1, 0.15) is 46.5 Å². The minimum Gasteiger partial charge on any atom is -0.468 e. The number of esters is 1. The van der Waals surface area contributed by atoms with E-state index >= 15 is 0 Å². The van der Waals surface area contributed by atoms with Gasteiger partial charge in [-0.2, -0.15) is 0 Å². The first kappa shape index (κ1) is 16.7. The maximum Gasteiger partial charge on any atom is 0.325 e. The molecule has 5 heteroatoms. The quantitative estimate of drug-likeness (QED) is 0.723. The van der Waals surface area contributed by atoms with E-state index in [9.17, 15) is 4.79 Å². The molecule has 2 aliphatic rings. The summed E-state index contributed by atoms with van der Waals surface area (Å²) in [4.78, 5) is 14.6. The summed E-state index contributed by atoms with van der Waals surface area (Å²) in [5, 5.41) is 3.48. The van der Waals surface area contributed by atoms with Crippen LogP contribution in [0.25, 0.3) is 0 Å². The molecule has 1 aliphatic carbocycles. The highest BCUT2D eigenvalue weighted by atomic mass is 16.5. The topological polar surface area (TPSA) is 50.8 Å². The molecule has 0 bridgehead atoms. The fourth-order valence-corrected chi connectivity index (χ4v) is 3.21. The second-order valence-corrected chi connectivity index (χ2v) is 6.69. The summed E-state index contributed by atoms with van der Waals surface area (Å²) in [6.45, 7) is 9.02. The van der Waals surface area contributed by atoms with Crippen molar-refractivity contribution in [2.75, 3.05) is 26.8 Å². The second-order valence-electron chi connectivity index (χ2n) is 6.69. The Morgan fingerprint density at radius 3 is 2.81 bits per heavy atom. The van der Waals surface area contributed by atoms with E-state index in [1.165, 1.54) is 7.11 Å². The third-order valence-corrected chi connectivity index (χ3v) is 4.69. The average Bonchev–Trinajstić information content (AvgIpc) is 3.29. The molecule has 0 spiro atoms. The van der Waals surface area contributed by atoms with Gasteiger partial charge in [0.05, 0.1) is 19.8 Å². The molecule has 3 unspecified atom stereocenters. The van der Waals surface area contributed by atoms with E-state index < -0.39 is 5.54 Å². The van der Waals surface area contributed by atoms with E-state index in [4.69, 9.17) is 9.47 Å². The number of morpholine rings is 1. The lowest BCUT2D eigenvalue weighted by atomic mass is 9.92. The predicted molar refractivity (Wildman–Crippen MR) is 82.3 cm³/mol. The summed E-state index contributed by atoms with van der Waals surface area (Å²) >= 11 is 0. The number of carbonyl (C=O) groups excluding carboxylic acids is 1. The van der Waals surface area contributed by atoms with Crippen molar-refractivity contribution in [3.8, 4) is 0 Å². The molecule has 0 amide bonds. The van der Waals surface area contributed by atoms with Gasteiger partial charge in [0, 0.05) is 25.2 Å². The third kappa shape index (κ3) is 4.41. The van der Waals surface area contributed by atoms with Gasteiger partial charge in [0.1, 0.15) is 5.54 Å². The number of hydrogen-bond acceptors (Lipinski definition) is 5. The summed E-state index contributed by atoms with van der Waals surface area (Å²) in [6, 6.07) is 0.813. The first-order valence-electron chi connectivity index (χ1n) is 8.20. The molecular weight excluding hydrogens is 268 g/mol. The maximum atomic E-state index is 12.2. The molecule has 1 aliphatic heterocycles. The number of nitrogens with one attached hydrogen (secondary N) is 1. The monoisotopic (exact) mass is 298 g/mol. The Balaban J connectivity index is 1.96. The van der Waals surface area contributed by atoms with Crippen LogP contribution in [0.5, 0.6) is 0 Å². The van der Waals surface area contributed by atoms with Gasteiger partial charge in [0.15, 0.2) is 0 Å². The minimum absolute atomic E-state index is 0.151. The van der Waals surface area contributed by atoms with Crippen molar-refractivity contribution < 1.29 is 14.3 Å². The Morgan fingerprint density at radius 1 is 1.52 bits per heavy atom. The van der Waals surface area contributed by atoms with Crippen LogP contribution in [0.2, 0.25) is 0 Å². The number of nitrogens with zero attached hydrogens (tertiary/aromatic N) is 1. The number of rotatable bonds is 7. The minimum atomic E-state index is -0.588. The number of carbonyl (C=O) groups is 1. The van der Waals surface area contributed by atoms with Crippen LogP contribution < -0.4 is 5.32 Å². The molecule has 0 aromatic carbocycles. The van der Waals surface area contributed by atoms with E-state index in [-0.39, 0.29) is 5.97 Å². The highest BCUT2D eigenvalue weighted by molar-refractivity contribution is 5.80. The van der Waals surface area contributed by atoms with Gasteiger partial charge in [0.2, 0.25) is 0 Å². The zero-order valence-electron chi connectivity index (χ0n) is 13.9. The molecule has 2 rings (SSSR count). The molecule has 2 fully saturated rings. The van der Waals surface area contributed by atoms with Crippen LogP contribution in [-0.4, -0.2) is 61.4 Å². The first-order valence-corrected chi connectivity index (χ1v) is 8.20. The molecule has 21 heavy (non-hydrogen) atoms. The summed E-state index contributed by atoms with van der Waals surface area (Å²) in [6.07, 6.45) is 4.46. The van der Waals surface area contributed by atoms with Gasteiger partial charge in [0.25, 0.3) is 0 Å². The Bertz CT molecular complexity index is 359. The van der Waals surface area contributed by atoms with Gasteiger partial charge >= 0.3 is 5.97 Å². The third-order valence-electron chi connectivity index (χ3n) is 4.69. The highest BCUT2D eigenvalue weighted by Crippen LogP contribution is 2.27. The van der Waals surface area contributed by atoms with Crippen LogP contribution in [0, 0.1) is 0 Å². The van der Waals surface area contributed by atoms with Crippen molar-refractivity contribution in [1.29, 1.82) is 0 Å². The fourth-order valence-electron chi connectivity index (χ4n) is 3.21. The highest BCUT2D eigenvalue weighted by Gasteiger charge is 2.41. The summed E-state index contributed by atoms with van der Waals surface area (Å²) in [7, 11) is 1.47. The molecule has 5 nitrogen and oxygen atoms in total. The standard InChI is InChI=1S/C16H30N2O3/c1-5-14-11-18(8-9-21-14)12(2)10-16(3,15(19)20-4)17-13-6-7-13/h12-14,17H,5-11H2,1-4H3. The summed E-state index contributed by atoms with van der Waals surface area (Å²) in [5.74, 6) is -0.151. The Labute approximate surface area is 128 Å². The molecule has 0 aromatic rings. The van der Waals surface area contributed by atoms with Crippen LogP contribution >= 0.6 is 0 Å². The zero-order chi connectivity index (χ0) is 15.5. The van der Waals surface area contributed by atoms with E-state index in [0.717, 1.165) is 45.4 Å². The lowest BCUT2D eigenvalue weighted by molar-refractivity contribution is -0.149. The van der Waals surface area contributed by atoms with Crippen molar-refractivity contribution in [1.82, 2.24) is 10.2 Å². The molecule has 0 radical (unpaired) electrons. The van der Waals surface area contributed by atoms with Crippen molar-refractivity contribution >= 4 is 5.97 Å². The van der Waals surface area contributed by atoms with Gasteiger partial charge < -0.3 is 9.47 Å². The normalized spacial score (nSPS) is 27.9. The lowest BCUT2D eigenvalue weighted by Gasteiger charge is -2.40. The molecule has 1 heterocycles. The molecule has 1 N–H and O–H groups in total. The van der Waals surface area contributed by atoms with Gasteiger partial charge in [-0.15, -0.1) is 0 Å². The first-order chi connectivity index (χ1) is 9.98. The van der Waals surface area contributed by atoms with E-state index in [1.54, 1.807) is 0 Å². The van der Waals surface area contributed by atoms with E-state index in [2.05, 4.69) is 24.1 Å². The largest absolute Gasteiger partial charge is 0.468 e. The maximum absolute atomic E-state index is 12.2. The van der Waals surface area contributed by atoms with Crippen LogP contribution in [-0.2, 0) is 14.3 Å². The lowest BCUT2D eigenvalue weighted by Crippen LogP contribution is -2.56. The smallest absolute Gasteiger partial charge is 0.325 e. The summed E-state index contributed by atoms with van der Waals surface area (Å²) in [5.41, 5.74) is -0.588. The van der Waals surface area contributed by atoms with E-state index in [1.807, 2.05) is 6.92 Å². The molecule has 122 valence electrons. The molecule has 3 atom stereocenters. The van der Waals surface area contributed by atoms with Gasteiger partial charge in [-0.05, 0) is 39.5 Å². The van der Waals surface area contributed by atoms with Crippen molar-refractivity contribution in [3.63, 3.8) is 0 Å². The average molecular weight is 298 g/mol. The van der Waals surface area contributed by atoms with Crippen LogP contribution in [0.15, 0.2) is 0 Å². The summed E-state index contributed by atoms with van der Waals surface area (Å²) < 4.78 is 10.8. The van der Waals surface area contributed by atoms with Crippen LogP contribution in [0.3, 0.4) is 0 Å². The Hall–Kier alpha value is -0.650. The molecule has 0 aromatic heterocycles. The predicted octanol–water partition coefficient (Wildman–Crippen LogP) is 1.56. The van der Waals surface area contributed by atoms with Gasteiger partial charge in [-0.1, -0.05) is 6.92 Å². The van der Waals surface area contributed by atoms with Crippen molar-refractivity contribution in [2.45, 2.75) is 70.2 Å². The van der Waals surface area contributed by atoms with Crippen LogP contribution in [0.4, 0.5) is 0 Å². The Kier molecular flexibility index (Phi) is 5.63. The molecule has 1 saturated heterocycles. The van der Waals surface area contributed by atoms with Gasteiger partial charge in [-0.25, -0.2) is 0 Å². The van der Waals surface area contributed by atoms with Crippen molar-refractivity contribution in [2.24, 2.45) is 0 Å². The number of methoxy groups -OCH3 is 1. The Morgan fingerprint density at radius 2 is 2.24 bits per heavy atom. The number of ether oxygens (including phenoxy) is 2. The second kappa shape index (κ2) is 7.07. The molecular formula is C16H30N2O3. The zero-order valence-corrected chi connectivity index (χ0v) is 13.9. The van der Waals surface area contributed by atoms with E-state index in [0.29, 0.717) is 18.2 Å². The SMILES string of the molecule is CCC1CN(C(C)CC(C)(NC2CC2)C(=O)OC)CCO1. The van der Waals surface area contributed by atoms with Gasteiger partial charge in [-0.3, -0.25) is 15.0 Å². The molecule has 1 saturated carbocycles. The number of hydrogen-bond donors (Lipinski definition) is 1.